The second kappa shape index (κ2) is 3.38. The van der Waals surface area contributed by atoms with Crippen LogP contribution in [0, 0.1) is 13.8 Å². The van der Waals surface area contributed by atoms with Crippen molar-refractivity contribution in [3.8, 4) is 0 Å². The quantitative estimate of drug-likeness (QED) is 0.757. The highest BCUT2D eigenvalue weighted by atomic mass is 15.0. The average Bonchev–Trinajstić information content (AvgIpc) is 2.50. The summed E-state index contributed by atoms with van der Waals surface area (Å²) in [7, 11) is 2.09. The van der Waals surface area contributed by atoms with Gasteiger partial charge in [-0.3, -0.25) is 0 Å². The standard InChI is InChI=1S/C13H18N2/c1-8-5-6-11-7-12(10(3)14)15(4)13(11)9(8)2/h5-7,10H,14H2,1-4H3. The van der Waals surface area contributed by atoms with Gasteiger partial charge in [0.15, 0.2) is 0 Å². The van der Waals surface area contributed by atoms with Gasteiger partial charge in [0.1, 0.15) is 0 Å². The first-order valence-electron chi connectivity index (χ1n) is 5.33. The lowest BCUT2D eigenvalue weighted by Crippen LogP contribution is -2.09. The van der Waals surface area contributed by atoms with E-state index in [0.29, 0.717) is 0 Å². The summed E-state index contributed by atoms with van der Waals surface area (Å²) >= 11 is 0. The van der Waals surface area contributed by atoms with E-state index in [0.717, 1.165) is 0 Å². The Balaban J connectivity index is 2.83. The molecule has 0 aliphatic heterocycles. The first kappa shape index (κ1) is 10.2. The normalized spacial score (nSPS) is 13.4. The Bertz CT molecular complexity index is 507. The van der Waals surface area contributed by atoms with Crippen LogP contribution in [-0.4, -0.2) is 4.57 Å². The highest BCUT2D eigenvalue weighted by molar-refractivity contribution is 5.85. The number of aryl methyl sites for hydroxylation is 3. The van der Waals surface area contributed by atoms with Crippen molar-refractivity contribution >= 4 is 10.9 Å². The summed E-state index contributed by atoms with van der Waals surface area (Å²) in [5.74, 6) is 0. The van der Waals surface area contributed by atoms with Crippen LogP contribution >= 0.6 is 0 Å². The van der Waals surface area contributed by atoms with E-state index in [1.54, 1.807) is 0 Å². The number of benzene rings is 1. The van der Waals surface area contributed by atoms with Gasteiger partial charge in [-0.05, 0) is 38.0 Å². The smallest absolute Gasteiger partial charge is 0.0512 e. The largest absolute Gasteiger partial charge is 0.346 e. The zero-order chi connectivity index (χ0) is 11.2. The Labute approximate surface area is 90.7 Å². The zero-order valence-electron chi connectivity index (χ0n) is 9.83. The molecule has 2 N–H and O–H groups in total. The summed E-state index contributed by atoms with van der Waals surface area (Å²) in [5, 5.41) is 1.29. The number of hydrogen-bond acceptors (Lipinski definition) is 1. The second-order valence-electron chi connectivity index (χ2n) is 4.36. The first-order valence-corrected chi connectivity index (χ1v) is 5.33. The van der Waals surface area contributed by atoms with Crippen LogP contribution in [0.25, 0.3) is 10.9 Å². The third-order valence-corrected chi connectivity index (χ3v) is 3.23. The topological polar surface area (TPSA) is 30.9 Å². The molecular weight excluding hydrogens is 184 g/mol. The van der Waals surface area contributed by atoms with Gasteiger partial charge in [0.2, 0.25) is 0 Å². The van der Waals surface area contributed by atoms with Crippen LogP contribution in [0.15, 0.2) is 18.2 Å². The SMILES string of the molecule is Cc1ccc2cc(C(C)N)n(C)c2c1C. The Morgan fingerprint density at radius 2 is 1.93 bits per heavy atom. The lowest BCUT2D eigenvalue weighted by molar-refractivity contribution is 0.726. The summed E-state index contributed by atoms with van der Waals surface area (Å²) in [6, 6.07) is 6.61. The third-order valence-electron chi connectivity index (χ3n) is 3.23. The molecule has 0 bridgehead atoms. The Morgan fingerprint density at radius 3 is 2.53 bits per heavy atom. The monoisotopic (exact) mass is 202 g/mol. The average molecular weight is 202 g/mol. The molecule has 1 atom stereocenters. The van der Waals surface area contributed by atoms with Crippen LogP contribution in [0.4, 0.5) is 0 Å². The van der Waals surface area contributed by atoms with Crippen LogP contribution in [0.5, 0.6) is 0 Å². The molecule has 0 saturated carbocycles. The lowest BCUT2D eigenvalue weighted by Gasteiger charge is -2.09. The van der Waals surface area contributed by atoms with Gasteiger partial charge in [-0.15, -0.1) is 0 Å². The summed E-state index contributed by atoms with van der Waals surface area (Å²) in [5.41, 5.74) is 11.1. The third kappa shape index (κ3) is 1.45. The maximum absolute atomic E-state index is 5.95. The van der Waals surface area contributed by atoms with Gasteiger partial charge < -0.3 is 10.3 Å². The summed E-state index contributed by atoms with van der Waals surface area (Å²) in [6.45, 7) is 6.34. The number of rotatable bonds is 1. The number of hydrogen-bond donors (Lipinski definition) is 1. The van der Waals surface area contributed by atoms with Gasteiger partial charge in [-0.25, -0.2) is 0 Å². The van der Waals surface area contributed by atoms with Crippen molar-refractivity contribution in [2.75, 3.05) is 0 Å². The fraction of sp³-hybridized carbons (Fsp3) is 0.385. The van der Waals surface area contributed by atoms with Gasteiger partial charge in [-0.2, -0.15) is 0 Å². The van der Waals surface area contributed by atoms with Crippen LogP contribution in [-0.2, 0) is 7.05 Å². The molecule has 0 spiro atoms. The molecule has 1 unspecified atom stereocenters. The summed E-state index contributed by atoms with van der Waals surface area (Å²) in [6.07, 6.45) is 0. The van der Waals surface area contributed by atoms with Gasteiger partial charge in [0.25, 0.3) is 0 Å². The van der Waals surface area contributed by atoms with Crippen LogP contribution in [0.3, 0.4) is 0 Å². The highest BCUT2D eigenvalue weighted by Crippen LogP contribution is 2.26. The van der Waals surface area contributed by atoms with Crippen molar-refractivity contribution in [1.29, 1.82) is 0 Å². The van der Waals surface area contributed by atoms with Gasteiger partial charge in [0.05, 0.1) is 5.52 Å². The minimum atomic E-state index is 0.0853. The van der Waals surface area contributed by atoms with Crippen LogP contribution in [0.1, 0.15) is 29.8 Å². The van der Waals surface area contributed by atoms with E-state index in [1.165, 1.54) is 27.7 Å². The molecule has 0 aliphatic carbocycles. The molecule has 2 rings (SSSR count). The van der Waals surface area contributed by atoms with E-state index in [9.17, 15) is 0 Å². The molecule has 1 aromatic heterocycles. The molecule has 0 saturated heterocycles. The van der Waals surface area contributed by atoms with Crippen molar-refractivity contribution < 1.29 is 0 Å². The van der Waals surface area contributed by atoms with E-state index < -0.39 is 0 Å². The molecule has 0 radical (unpaired) electrons. The highest BCUT2D eigenvalue weighted by Gasteiger charge is 2.11. The number of nitrogens with two attached hydrogens (primary N) is 1. The molecule has 15 heavy (non-hydrogen) atoms. The molecule has 80 valence electrons. The predicted molar refractivity (Wildman–Crippen MR) is 65.0 cm³/mol. The van der Waals surface area contributed by atoms with E-state index in [-0.39, 0.29) is 6.04 Å². The van der Waals surface area contributed by atoms with Crippen molar-refractivity contribution in [3.63, 3.8) is 0 Å². The van der Waals surface area contributed by atoms with Crippen LogP contribution < -0.4 is 5.73 Å². The predicted octanol–water partition coefficient (Wildman–Crippen LogP) is 2.81. The van der Waals surface area contributed by atoms with E-state index in [2.05, 4.69) is 43.7 Å². The number of fused-ring (bicyclic) bond motifs is 1. The summed E-state index contributed by atoms with van der Waals surface area (Å²) in [4.78, 5) is 0. The zero-order valence-corrected chi connectivity index (χ0v) is 9.83. The van der Waals surface area contributed by atoms with Gasteiger partial charge in [-0.1, -0.05) is 12.1 Å². The first-order chi connectivity index (χ1) is 7.02. The van der Waals surface area contributed by atoms with Crippen molar-refractivity contribution in [2.45, 2.75) is 26.8 Å². The summed E-state index contributed by atoms with van der Waals surface area (Å²) < 4.78 is 2.21. The molecular formula is C13H18N2. The van der Waals surface area contributed by atoms with Crippen LogP contribution in [0.2, 0.25) is 0 Å². The Kier molecular flexibility index (Phi) is 2.31. The number of aromatic nitrogens is 1. The van der Waals surface area contributed by atoms with E-state index in [4.69, 9.17) is 5.73 Å². The fourth-order valence-electron chi connectivity index (χ4n) is 2.21. The maximum atomic E-state index is 5.95. The minimum Gasteiger partial charge on any atom is -0.346 e. The van der Waals surface area contributed by atoms with E-state index in [1.807, 2.05) is 6.92 Å². The van der Waals surface area contributed by atoms with Crippen molar-refractivity contribution in [2.24, 2.45) is 12.8 Å². The van der Waals surface area contributed by atoms with Crippen molar-refractivity contribution in [3.05, 3.63) is 35.0 Å². The molecule has 0 amide bonds. The number of nitrogens with zero attached hydrogens (tertiary/aromatic N) is 1. The Morgan fingerprint density at radius 1 is 1.27 bits per heavy atom. The molecule has 2 aromatic rings. The maximum Gasteiger partial charge on any atom is 0.0512 e. The molecule has 0 fully saturated rings. The molecule has 1 aromatic carbocycles. The van der Waals surface area contributed by atoms with Crippen molar-refractivity contribution in [1.82, 2.24) is 4.57 Å². The molecule has 1 heterocycles. The van der Waals surface area contributed by atoms with Gasteiger partial charge in [0, 0.05) is 24.2 Å². The second-order valence-corrected chi connectivity index (χ2v) is 4.36. The van der Waals surface area contributed by atoms with E-state index >= 15 is 0 Å². The lowest BCUT2D eigenvalue weighted by atomic mass is 10.1. The van der Waals surface area contributed by atoms with Gasteiger partial charge >= 0.3 is 0 Å². The Hall–Kier alpha value is -1.28. The fourth-order valence-corrected chi connectivity index (χ4v) is 2.21. The molecule has 0 aliphatic rings. The molecule has 2 heteroatoms. The molecule has 2 nitrogen and oxygen atoms in total. The minimum absolute atomic E-state index is 0.0853.